The Balaban J connectivity index is 2.46. The number of hydrogen-bond donors (Lipinski definition) is 2. The maximum absolute atomic E-state index is 13.7. The lowest BCUT2D eigenvalue weighted by Crippen LogP contribution is -2.28. The third-order valence-corrected chi connectivity index (χ3v) is 2.38. The predicted molar refractivity (Wildman–Crippen MR) is 64.3 cm³/mol. The summed E-state index contributed by atoms with van der Waals surface area (Å²) in [6, 6.07) is -0.0527. The molecule has 0 saturated carbocycles. The molecular formula is C11H19FN4O. The molecule has 1 unspecified atom stereocenters. The molecule has 1 heterocycles. The first-order valence-electron chi connectivity index (χ1n) is 5.66. The summed E-state index contributed by atoms with van der Waals surface area (Å²) in [5.74, 6) is -0.142. The Hall–Kier alpha value is -1.27. The van der Waals surface area contributed by atoms with Crippen LogP contribution in [0.4, 0.5) is 10.2 Å². The fraction of sp³-hybridized carbons (Fsp3) is 0.636. The number of ether oxygens (including phenoxy) is 1. The van der Waals surface area contributed by atoms with Gasteiger partial charge in [0.05, 0.1) is 12.3 Å². The smallest absolute Gasteiger partial charge is 0.186 e. The second-order valence-electron chi connectivity index (χ2n) is 3.77. The van der Waals surface area contributed by atoms with Crippen LogP contribution in [0.5, 0.6) is 0 Å². The Bertz CT molecular complexity index is 348. The summed E-state index contributed by atoms with van der Waals surface area (Å²) in [6.07, 6.45) is 2.60. The highest BCUT2D eigenvalue weighted by Crippen LogP contribution is 2.12. The van der Waals surface area contributed by atoms with E-state index in [1.165, 1.54) is 6.33 Å². The number of aromatic nitrogens is 2. The molecule has 0 radical (unpaired) electrons. The maximum atomic E-state index is 13.7. The lowest BCUT2D eigenvalue weighted by molar-refractivity contribution is 0.178. The number of halogens is 1. The highest BCUT2D eigenvalue weighted by molar-refractivity contribution is 5.37. The zero-order valence-corrected chi connectivity index (χ0v) is 10.2. The molecule has 1 atom stereocenters. The number of rotatable bonds is 7. The molecular weight excluding hydrogens is 223 g/mol. The van der Waals surface area contributed by atoms with Crippen molar-refractivity contribution in [2.24, 2.45) is 5.73 Å². The standard InChI is InChI=1S/C11H19FN4O/c1-3-9-10(12)11(16-7-15-9)14-5-4-8(13)6-17-2/h7-8H,3-6,13H2,1-2H3,(H,14,15,16). The number of anilines is 1. The van der Waals surface area contributed by atoms with E-state index in [2.05, 4.69) is 15.3 Å². The monoisotopic (exact) mass is 242 g/mol. The molecule has 0 aromatic carbocycles. The van der Waals surface area contributed by atoms with Crippen molar-refractivity contribution in [3.8, 4) is 0 Å². The Kier molecular flexibility index (Phi) is 5.79. The summed E-state index contributed by atoms with van der Waals surface area (Å²) in [5.41, 5.74) is 6.17. The Morgan fingerprint density at radius 3 is 2.94 bits per heavy atom. The molecule has 0 amide bonds. The number of nitrogens with two attached hydrogens (primary N) is 1. The molecule has 5 nitrogen and oxygen atoms in total. The molecule has 0 aliphatic rings. The van der Waals surface area contributed by atoms with Gasteiger partial charge >= 0.3 is 0 Å². The first-order chi connectivity index (χ1) is 8.19. The SMILES string of the molecule is CCc1ncnc(NCCC(N)COC)c1F. The van der Waals surface area contributed by atoms with E-state index in [0.29, 0.717) is 31.7 Å². The molecule has 17 heavy (non-hydrogen) atoms. The summed E-state index contributed by atoms with van der Waals surface area (Å²) in [5, 5.41) is 2.92. The van der Waals surface area contributed by atoms with Crippen LogP contribution in [0.25, 0.3) is 0 Å². The van der Waals surface area contributed by atoms with E-state index in [-0.39, 0.29) is 17.7 Å². The van der Waals surface area contributed by atoms with Crippen molar-refractivity contribution >= 4 is 5.82 Å². The molecule has 1 aromatic heterocycles. The highest BCUT2D eigenvalue weighted by Gasteiger charge is 2.09. The van der Waals surface area contributed by atoms with E-state index in [1.54, 1.807) is 7.11 Å². The van der Waals surface area contributed by atoms with Crippen LogP contribution in [-0.2, 0) is 11.2 Å². The number of hydrogen-bond acceptors (Lipinski definition) is 5. The van der Waals surface area contributed by atoms with Crippen LogP contribution in [0.3, 0.4) is 0 Å². The predicted octanol–water partition coefficient (Wildman–Crippen LogP) is 0.954. The first-order valence-corrected chi connectivity index (χ1v) is 5.66. The van der Waals surface area contributed by atoms with E-state index in [4.69, 9.17) is 10.5 Å². The quantitative estimate of drug-likeness (QED) is 0.745. The van der Waals surface area contributed by atoms with Crippen LogP contribution in [0, 0.1) is 5.82 Å². The fourth-order valence-electron chi connectivity index (χ4n) is 1.45. The molecule has 0 spiro atoms. The van der Waals surface area contributed by atoms with E-state index in [9.17, 15) is 4.39 Å². The van der Waals surface area contributed by atoms with Crippen molar-refractivity contribution in [3.05, 3.63) is 17.8 Å². The van der Waals surface area contributed by atoms with Gasteiger partial charge in [0.15, 0.2) is 11.6 Å². The molecule has 0 bridgehead atoms. The molecule has 6 heteroatoms. The van der Waals surface area contributed by atoms with Crippen LogP contribution in [0.2, 0.25) is 0 Å². The van der Waals surface area contributed by atoms with Crippen molar-refractivity contribution in [2.45, 2.75) is 25.8 Å². The van der Waals surface area contributed by atoms with Gasteiger partial charge in [0.1, 0.15) is 6.33 Å². The lowest BCUT2D eigenvalue weighted by Gasteiger charge is -2.12. The zero-order valence-electron chi connectivity index (χ0n) is 10.2. The zero-order chi connectivity index (χ0) is 12.7. The molecule has 96 valence electrons. The third kappa shape index (κ3) is 4.24. The molecule has 3 N–H and O–H groups in total. The second kappa shape index (κ2) is 7.13. The number of nitrogens with zero attached hydrogens (tertiary/aromatic N) is 2. The van der Waals surface area contributed by atoms with Gasteiger partial charge in [-0.1, -0.05) is 6.92 Å². The summed E-state index contributed by atoms with van der Waals surface area (Å²) in [4.78, 5) is 7.72. The summed E-state index contributed by atoms with van der Waals surface area (Å²) in [6.45, 7) is 2.90. The van der Waals surface area contributed by atoms with Gasteiger partial charge in [-0.05, 0) is 12.8 Å². The lowest BCUT2D eigenvalue weighted by atomic mass is 10.2. The maximum Gasteiger partial charge on any atom is 0.186 e. The molecule has 1 aromatic rings. The average molecular weight is 242 g/mol. The number of nitrogens with one attached hydrogen (secondary N) is 1. The molecule has 0 aliphatic carbocycles. The second-order valence-corrected chi connectivity index (χ2v) is 3.77. The van der Waals surface area contributed by atoms with Crippen LogP contribution in [0.1, 0.15) is 19.0 Å². The fourth-order valence-corrected chi connectivity index (χ4v) is 1.45. The minimum absolute atomic E-state index is 0.0527. The van der Waals surface area contributed by atoms with Crippen LogP contribution in [0.15, 0.2) is 6.33 Å². The van der Waals surface area contributed by atoms with Gasteiger partial charge in [-0.2, -0.15) is 0 Å². The van der Waals surface area contributed by atoms with Crippen LogP contribution < -0.4 is 11.1 Å². The van der Waals surface area contributed by atoms with E-state index < -0.39 is 0 Å². The molecule has 1 rings (SSSR count). The van der Waals surface area contributed by atoms with Gasteiger partial charge in [0.25, 0.3) is 0 Å². The minimum atomic E-state index is -0.379. The van der Waals surface area contributed by atoms with Crippen molar-refractivity contribution in [3.63, 3.8) is 0 Å². The highest BCUT2D eigenvalue weighted by atomic mass is 19.1. The molecule has 0 saturated heterocycles. The van der Waals surface area contributed by atoms with Crippen molar-refractivity contribution in [1.82, 2.24) is 9.97 Å². The van der Waals surface area contributed by atoms with Gasteiger partial charge < -0.3 is 15.8 Å². The van der Waals surface area contributed by atoms with Crippen molar-refractivity contribution in [2.75, 3.05) is 25.6 Å². The summed E-state index contributed by atoms with van der Waals surface area (Å²) < 4.78 is 18.6. The van der Waals surface area contributed by atoms with Crippen molar-refractivity contribution < 1.29 is 9.13 Å². The first kappa shape index (κ1) is 13.8. The van der Waals surface area contributed by atoms with E-state index in [0.717, 1.165) is 0 Å². The van der Waals surface area contributed by atoms with Gasteiger partial charge in [-0.15, -0.1) is 0 Å². The normalized spacial score (nSPS) is 12.5. The number of methoxy groups -OCH3 is 1. The number of aryl methyl sites for hydroxylation is 1. The van der Waals surface area contributed by atoms with E-state index >= 15 is 0 Å². The Morgan fingerprint density at radius 2 is 2.29 bits per heavy atom. The Morgan fingerprint density at radius 1 is 1.53 bits per heavy atom. The summed E-state index contributed by atoms with van der Waals surface area (Å²) >= 11 is 0. The molecule has 0 aliphatic heterocycles. The van der Waals surface area contributed by atoms with Gasteiger partial charge in [-0.25, -0.2) is 14.4 Å². The van der Waals surface area contributed by atoms with E-state index in [1.807, 2.05) is 6.92 Å². The van der Waals surface area contributed by atoms with Crippen LogP contribution in [-0.4, -0.2) is 36.3 Å². The van der Waals surface area contributed by atoms with Crippen LogP contribution >= 0.6 is 0 Å². The summed E-state index contributed by atoms with van der Waals surface area (Å²) in [7, 11) is 1.60. The largest absolute Gasteiger partial charge is 0.383 e. The third-order valence-electron chi connectivity index (χ3n) is 2.38. The van der Waals surface area contributed by atoms with Gasteiger partial charge in [0, 0.05) is 19.7 Å². The van der Waals surface area contributed by atoms with Gasteiger partial charge in [-0.3, -0.25) is 0 Å². The average Bonchev–Trinajstić information content (AvgIpc) is 2.32. The minimum Gasteiger partial charge on any atom is -0.383 e. The Labute approximate surface area is 101 Å². The van der Waals surface area contributed by atoms with Gasteiger partial charge in [0.2, 0.25) is 0 Å². The molecule has 0 fully saturated rings. The topological polar surface area (TPSA) is 73.1 Å². The van der Waals surface area contributed by atoms with Crippen molar-refractivity contribution in [1.29, 1.82) is 0 Å².